The number of halogens is 3. The molecule has 4 rings (SSSR count). The van der Waals surface area contributed by atoms with Crippen LogP contribution in [0, 0.1) is 11.6 Å². The molecule has 1 aliphatic rings. The van der Waals surface area contributed by atoms with E-state index in [9.17, 15) is 18.4 Å². The predicted octanol–water partition coefficient (Wildman–Crippen LogP) is 3.17. The lowest BCUT2D eigenvalue weighted by Crippen LogP contribution is -2.44. The maximum atomic E-state index is 14.9. The van der Waals surface area contributed by atoms with Crippen LogP contribution in [0.15, 0.2) is 42.7 Å². The number of nitrogens with one attached hydrogen (secondary N) is 1. The maximum absolute atomic E-state index is 14.9. The number of anilines is 1. The number of amides is 2. The fraction of sp³-hybridized carbons (Fsp3) is 0.273. The number of methoxy groups -OCH3 is 1. The van der Waals surface area contributed by atoms with E-state index >= 15 is 0 Å². The first-order chi connectivity index (χ1) is 15.8. The van der Waals surface area contributed by atoms with Crippen molar-refractivity contribution in [2.24, 2.45) is 0 Å². The van der Waals surface area contributed by atoms with Gasteiger partial charge in [-0.2, -0.15) is 0 Å². The van der Waals surface area contributed by atoms with Crippen molar-refractivity contribution in [3.05, 3.63) is 70.5 Å². The van der Waals surface area contributed by atoms with Gasteiger partial charge in [0.05, 0.1) is 7.11 Å². The molecule has 2 amide bonds. The van der Waals surface area contributed by atoms with Crippen LogP contribution in [-0.4, -0.2) is 46.3 Å². The average Bonchev–Trinajstić information content (AvgIpc) is 3.39. The number of aryl methyl sites for hydroxylation is 1. The topological polar surface area (TPSA) is 89.4 Å². The summed E-state index contributed by atoms with van der Waals surface area (Å²) in [4.78, 5) is 31.5. The Morgan fingerprint density at radius 2 is 1.91 bits per heavy atom. The fourth-order valence-corrected chi connectivity index (χ4v) is 3.88. The Labute approximate surface area is 193 Å². The molecule has 2 aromatic carbocycles. The van der Waals surface area contributed by atoms with Crippen molar-refractivity contribution in [3.8, 4) is 5.75 Å². The normalized spacial score (nSPS) is 18.0. The van der Waals surface area contributed by atoms with E-state index in [1.165, 1.54) is 47.3 Å². The molecular formula is C22H20ClF2N5O3. The smallest absolute Gasteiger partial charge is 0.252 e. The van der Waals surface area contributed by atoms with Gasteiger partial charge in [-0.15, -0.1) is 5.10 Å². The van der Waals surface area contributed by atoms with Crippen LogP contribution in [0.5, 0.6) is 5.75 Å². The quantitative estimate of drug-likeness (QED) is 0.591. The molecule has 0 saturated carbocycles. The molecular weight excluding hydrogens is 456 g/mol. The van der Waals surface area contributed by atoms with Gasteiger partial charge in [0.1, 0.15) is 29.8 Å². The summed E-state index contributed by atoms with van der Waals surface area (Å²) in [7, 11) is 1.29. The van der Waals surface area contributed by atoms with Gasteiger partial charge in [-0.3, -0.25) is 19.2 Å². The number of carbonyl (C=O) groups excluding carboxylic acids is 2. The summed E-state index contributed by atoms with van der Waals surface area (Å²) >= 11 is 5.87. The van der Waals surface area contributed by atoms with Crippen molar-refractivity contribution in [1.29, 1.82) is 0 Å². The minimum Gasteiger partial charge on any atom is -0.497 e. The second-order valence-electron chi connectivity index (χ2n) is 7.42. The number of aromatic nitrogens is 3. The van der Waals surface area contributed by atoms with E-state index in [0.29, 0.717) is 11.6 Å². The molecule has 0 aliphatic carbocycles. The van der Waals surface area contributed by atoms with Crippen LogP contribution in [0.4, 0.5) is 14.7 Å². The number of ether oxygens (including phenoxy) is 1. The molecule has 2 heterocycles. The highest BCUT2D eigenvalue weighted by atomic mass is 35.5. The van der Waals surface area contributed by atoms with E-state index in [4.69, 9.17) is 16.3 Å². The standard InChI is InChI=1S/C22H20ClF2N5O3/c1-3-29-11-26-22(28-29)30-10-15(18-16(24)8-14(33-2)9-17(18)25)19(21(30)32)27-20(31)12-4-6-13(23)7-5-12/h4-9,11,15,19H,3,10H2,1-2H3,(H,27,31)/t15-,19-/m0/s1. The van der Waals surface area contributed by atoms with Crippen molar-refractivity contribution < 1.29 is 23.1 Å². The maximum Gasteiger partial charge on any atom is 0.252 e. The molecule has 0 unspecified atom stereocenters. The lowest BCUT2D eigenvalue weighted by atomic mass is 9.92. The second-order valence-corrected chi connectivity index (χ2v) is 7.85. The highest BCUT2D eigenvalue weighted by molar-refractivity contribution is 6.30. The summed E-state index contributed by atoms with van der Waals surface area (Å²) in [6.07, 6.45) is 1.45. The van der Waals surface area contributed by atoms with E-state index in [0.717, 1.165) is 12.1 Å². The number of hydrogen-bond donors (Lipinski definition) is 1. The van der Waals surface area contributed by atoms with Crippen molar-refractivity contribution in [1.82, 2.24) is 20.1 Å². The molecule has 1 N–H and O–H groups in total. The highest BCUT2D eigenvalue weighted by Gasteiger charge is 2.46. The molecule has 8 nitrogen and oxygen atoms in total. The first kappa shape index (κ1) is 22.7. The third kappa shape index (κ3) is 4.38. The van der Waals surface area contributed by atoms with Gasteiger partial charge < -0.3 is 10.1 Å². The average molecular weight is 476 g/mol. The highest BCUT2D eigenvalue weighted by Crippen LogP contribution is 2.35. The molecule has 2 atom stereocenters. The summed E-state index contributed by atoms with van der Waals surface area (Å²) in [6.45, 7) is 2.25. The SMILES string of the molecule is CCn1cnc(N2C[C@@H](c3c(F)cc(OC)cc3F)[C@H](NC(=O)c3ccc(Cl)cc3)C2=O)n1. The number of rotatable bonds is 6. The zero-order chi connectivity index (χ0) is 23.7. The first-order valence-electron chi connectivity index (χ1n) is 10.1. The Morgan fingerprint density at radius 1 is 1.24 bits per heavy atom. The van der Waals surface area contributed by atoms with Crippen LogP contribution in [0.2, 0.25) is 5.02 Å². The largest absolute Gasteiger partial charge is 0.497 e. The summed E-state index contributed by atoms with van der Waals surface area (Å²) in [5.41, 5.74) is -0.0866. The fourth-order valence-electron chi connectivity index (χ4n) is 3.75. The Bertz CT molecular complexity index is 1180. The van der Waals surface area contributed by atoms with Gasteiger partial charge in [0.25, 0.3) is 17.8 Å². The van der Waals surface area contributed by atoms with Gasteiger partial charge in [0.2, 0.25) is 0 Å². The molecule has 33 heavy (non-hydrogen) atoms. The zero-order valence-electron chi connectivity index (χ0n) is 17.8. The molecule has 0 bridgehead atoms. The monoisotopic (exact) mass is 475 g/mol. The van der Waals surface area contributed by atoms with E-state index in [-0.39, 0.29) is 29.4 Å². The van der Waals surface area contributed by atoms with E-state index in [1.807, 2.05) is 6.92 Å². The summed E-state index contributed by atoms with van der Waals surface area (Å²) in [5, 5.41) is 7.27. The first-order valence-corrected chi connectivity index (χ1v) is 10.5. The molecule has 0 radical (unpaired) electrons. The van der Waals surface area contributed by atoms with E-state index in [2.05, 4.69) is 15.4 Å². The van der Waals surface area contributed by atoms with Gasteiger partial charge >= 0.3 is 0 Å². The Kier molecular flexibility index (Phi) is 6.28. The minimum absolute atomic E-state index is 0.0000323. The molecule has 0 spiro atoms. The molecule has 1 saturated heterocycles. The summed E-state index contributed by atoms with van der Waals surface area (Å²) in [6, 6.07) is 6.86. The third-order valence-corrected chi connectivity index (χ3v) is 5.71. The molecule has 172 valence electrons. The number of hydrogen-bond acceptors (Lipinski definition) is 5. The second kappa shape index (κ2) is 9.14. The van der Waals surface area contributed by atoms with Crippen LogP contribution >= 0.6 is 11.6 Å². The van der Waals surface area contributed by atoms with Gasteiger partial charge in [0.15, 0.2) is 0 Å². The Morgan fingerprint density at radius 3 is 2.48 bits per heavy atom. The summed E-state index contributed by atoms with van der Waals surface area (Å²) < 4.78 is 36.3. The lowest BCUT2D eigenvalue weighted by Gasteiger charge is -2.20. The van der Waals surface area contributed by atoms with Gasteiger partial charge in [-0.05, 0) is 31.2 Å². The minimum atomic E-state index is -1.25. The van der Waals surface area contributed by atoms with Crippen LogP contribution in [0.1, 0.15) is 28.8 Å². The van der Waals surface area contributed by atoms with Crippen LogP contribution in [0.3, 0.4) is 0 Å². The molecule has 1 fully saturated rings. The Hall–Kier alpha value is -3.53. The lowest BCUT2D eigenvalue weighted by molar-refractivity contribution is -0.118. The van der Waals surface area contributed by atoms with E-state index in [1.54, 1.807) is 0 Å². The van der Waals surface area contributed by atoms with Gasteiger partial charge in [-0.25, -0.2) is 13.8 Å². The van der Waals surface area contributed by atoms with Gasteiger partial charge in [-0.1, -0.05) is 11.6 Å². The Balaban J connectivity index is 1.72. The number of benzene rings is 2. The zero-order valence-corrected chi connectivity index (χ0v) is 18.5. The van der Waals surface area contributed by atoms with Crippen molar-refractivity contribution >= 4 is 29.4 Å². The molecule has 11 heteroatoms. The predicted molar refractivity (Wildman–Crippen MR) is 116 cm³/mol. The molecule has 3 aromatic rings. The molecule has 1 aromatic heterocycles. The summed E-state index contributed by atoms with van der Waals surface area (Å²) in [5.74, 6) is -3.88. The number of nitrogens with zero attached hydrogens (tertiary/aromatic N) is 4. The van der Waals surface area contributed by atoms with Crippen molar-refractivity contribution in [2.45, 2.75) is 25.4 Å². The number of carbonyl (C=O) groups is 2. The molecule has 1 aliphatic heterocycles. The van der Waals surface area contributed by atoms with Crippen LogP contribution in [0.25, 0.3) is 0 Å². The van der Waals surface area contributed by atoms with Crippen molar-refractivity contribution in [2.75, 3.05) is 18.6 Å². The van der Waals surface area contributed by atoms with Crippen LogP contribution < -0.4 is 15.0 Å². The third-order valence-electron chi connectivity index (χ3n) is 5.46. The van der Waals surface area contributed by atoms with Crippen molar-refractivity contribution in [3.63, 3.8) is 0 Å². The van der Waals surface area contributed by atoms with Gasteiger partial charge in [0, 0.05) is 47.3 Å². The van der Waals surface area contributed by atoms with Crippen LogP contribution in [-0.2, 0) is 11.3 Å². The van der Waals surface area contributed by atoms with E-state index < -0.39 is 35.4 Å².